The second kappa shape index (κ2) is 7.99. The molecule has 0 heterocycles. The summed E-state index contributed by atoms with van der Waals surface area (Å²) in [4.78, 5) is 14.5. The Hall–Kier alpha value is -0.610. The SMILES string of the molecule is CCOC(=O)C1(N)CCC(N(CC)CC(CC)CC)C1. The molecule has 0 aromatic heterocycles. The van der Waals surface area contributed by atoms with Crippen LogP contribution in [0.2, 0.25) is 0 Å². The topological polar surface area (TPSA) is 55.6 Å². The Labute approximate surface area is 124 Å². The summed E-state index contributed by atoms with van der Waals surface area (Å²) >= 11 is 0. The first-order chi connectivity index (χ1) is 9.50. The lowest BCUT2D eigenvalue weighted by Gasteiger charge is -2.32. The molecular weight excluding hydrogens is 252 g/mol. The van der Waals surface area contributed by atoms with E-state index in [1.54, 1.807) is 0 Å². The van der Waals surface area contributed by atoms with Gasteiger partial charge in [-0.15, -0.1) is 0 Å². The van der Waals surface area contributed by atoms with Gasteiger partial charge in [0.1, 0.15) is 5.54 Å². The van der Waals surface area contributed by atoms with Crippen LogP contribution >= 0.6 is 0 Å². The zero-order valence-electron chi connectivity index (χ0n) is 13.7. The Morgan fingerprint density at radius 1 is 1.35 bits per heavy atom. The van der Waals surface area contributed by atoms with Gasteiger partial charge in [-0.25, -0.2) is 0 Å². The van der Waals surface area contributed by atoms with Gasteiger partial charge in [0.25, 0.3) is 0 Å². The summed E-state index contributed by atoms with van der Waals surface area (Å²) in [5, 5.41) is 0. The van der Waals surface area contributed by atoms with E-state index in [2.05, 4.69) is 25.7 Å². The predicted octanol–water partition coefficient (Wildman–Crippen LogP) is 2.56. The molecule has 4 nitrogen and oxygen atoms in total. The van der Waals surface area contributed by atoms with Gasteiger partial charge >= 0.3 is 5.97 Å². The van der Waals surface area contributed by atoms with Crippen LogP contribution in [0.4, 0.5) is 0 Å². The molecule has 1 saturated carbocycles. The lowest BCUT2D eigenvalue weighted by molar-refractivity contribution is -0.149. The van der Waals surface area contributed by atoms with Crippen molar-refractivity contribution in [2.75, 3.05) is 19.7 Å². The summed E-state index contributed by atoms with van der Waals surface area (Å²) in [6.07, 6.45) is 4.91. The third kappa shape index (κ3) is 4.19. The molecule has 2 unspecified atom stereocenters. The highest BCUT2D eigenvalue weighted by atomic mass is 16.5. The van der Waals surface area contributed by atoms with E-state index in [-0.39, 0.29) is 5.97 Å². The molecule has 0 saturated heterocycles. The second-order valence-corrected chi connectivity index (χ2v) is 6.04. The quantitative estimate of drug-likeness (QED) is 0.696. The third-order valence-corrected chi connectivity index (χ3v) is 4.78. The van der Waals surface area contributed by atoms with E-state index < -0.39 is 5.54 Å². The van der Waals surface area contributed by atoms with Crippen LogP contribution in [-0.2, 0) is 9.53 Å². The van der Waals surface area contributed by atoms with Gasteiger partial charge < -0.3 is 15.4 Å². The van der Waals surface area contributed by atoms with Crippen molar-refractivity contribution in [1.82, 2.24) is 4.90 Å². The lowest BCUT2D eigenvalue weighted by Crippen LogP contribution is -2.48. The van der Waals surface area contributed by atoms with Gasteiger partial charge in [0.15, 0.2) is 0 Å². The second-order valence-electron chi connectivity index (χ2n) is 6.04. The highest BCUT2D eigenvalue weighted by Crippen LogP contribution is 2.33. The Balaban J connectivity index is 2.62. The number of carbonyl (C=O) groups excluding carboxylic acids is 1. The summed E-state index contributed by atoms with van der Waals surface area (Å²) in [5.41, 5.74) is 5.50. The van der Waals surface area contributed by atoms with Crippen LogP contribution in [-0.4, -0.2) is 42.1 Å². The average Bonchev–Trinajstić information content (AvgIpc) is 2.84. The van der Waals surface area contributed by atoms with E-state index in [1.165, 1.54) is 12.8 Å². The highest BCUT2D eigenvalue weighted by Gasteiger charge is 2.44. The minimum absolute atomic E-state index is 0.221. The third-order valence-electron chi connectivity index (χ3n) is 4.78. The van der Waals surface area contributed by atoms with Crippen molar-refractivity contribution < 1.29 is 9.53 Å². The summed E-state index contributed by atoms with van der Waals surface area (Å²) in [5.74, 6) is 0.520. The van der Waals surface area contributed by atoms with E-state index in [0.717, 1.165) is 38.3 Å². The van der Waals surface area contributed by atoms with Gasteiger partial charge in [0.05, 0.1) is 6.61 Å². The number of carbonyl (C=O) groups is 1. The minimum atomic E-state index is -0.762. The Morgan fingerprint density at radius 3 is 2.50 bits per heavy atom. The molecule has 0 aliphatic heterocycles. The van der Waals surface area contributed by atoms with Crippen LogP contribution in [0, 0.1) is 5.92 Å². The maximum Gasteiger partial charge on any atom is 0.326 e. The Kier molecular flexibility index (Phi) is 6.96. The van der Waals surface area contributed by atoms with E-state index in [9.17, 15) is 4.79 Å². The molecule has 0 radical (unpaired) electrons. The number of hydrogen-bond donors (Lipinski definition) is 1. The van der Waals surface area contributed by atoms with Crippen LogP contribution in [0.1, 0.15) is 59.8 Å². The van der Waals surface area contributed by atoms with Crippen LogP contribution in [0.3, 0.4) is 0 Å². The van der Waals surface area contributed by atoms with Crippen molar-refractivity contribution >= 4 is 5.97 Å². The van der Waals surface area contributed by atoms with Gasteiger partial charge in [-0.05, 0) is 38.6 Å². The summed E-state index contributed by atoms with van der Waals surface area (Å²) in [7, 11) is 0. The van der Waals surface area contributed by atoms with Crippen LogP contribution in [0.5, 0.6) is 0 Å². The monoisotopic (exact) mass is 284 g/mol. The molecule has 2 N–H and O–H groups in total. The first-order valence-electron chi connectivity index (χ1n) is 8.20. The molecule has 4 heteroatoms. The van der Waals surface area contributed by atoms with Crippen molar-refractivity contribution in [2.24, 2.45) is 11.7 Å². The van der Waals surface area contributed by atoms with Crippen LogP contribution in [0.15, 0.2) is 0 Å². The van der Waals surface area contributed by atoms with Gasteiger partial charge in [-0.1, -0.05) is 33.6 Å². The van der Waals surface area contributed by atoms with Crippen molar-refractivity contribution in [3.8, 4) is 0 Å². The average molecular weight is 284 g/mol. The largest absolute Gasteiger partial charge is 0.465 e. The predicted molar refractivity (Wildman–Crippen MR) is 82.5 cm³/mol. The number of nitrogens with zero attached hydrogens (tertiary/aromatic N) is 1. The molecule has 0 aromatic rings. The summed E-state index contributed by atoms with van der Waals surface area (Å²) in [6, 6.07) is 0.426. The van der Waals surface area contributed by atoms with Crippen LogP contribution in [0.25, 0.3) is 0 Å². The van der Waals surface area contributed by atoms with Crippen molar-refractivity contribution in [3.05, 3.63) is 0 Å². The van der Waals surface area contributed by atoms with E-state index in [1.807, 2.05) is 6.92 Å². The number of esters is 1. The summed E-state index contributed by atoms with van der Waals surface area (Å²) in [6.45, 7) is 11.1. The maximum atomic E-state index is 12.0. The van der Waals surface area contributed by atoms with Gasteiger partial charge in [-0.3, -0.25) is 4.79 Å². The van der Waals surface area contributed by atoms with Crippen molar-refractivity contribution in [3.63, 3.8) is 0 Å². The first kappa shape index (κ1) is 17.4. The number of hydrogen-bond acceptors (Lipinski definition) is 4. The minimum Gasteiger partial charge on any atom is -0.465 e. The molecule has 1 fully saturated rings. The molecule has 1 rings (SSSR count). The molecule has 0 bridgehead atoms. The smallest absolute Gasteiger partial charge is 0.326 e. The number of nitrogens with two attached hydrogens (primary N) is 1. The zero-order valence-corrected chi connectivity index (χ0v) is 13.7. The van der Waals surface area contributed by atoms with Gasteiger partial charge in [0.2, 0.25) is 0 Å². The first-order valence-corrected chi connectivity index (χ1v) is 8.20. The molecule has 2 atom stereocenters. The molecule has 1 aliphatic rings. The van der Waals surface area contributed by atoms with Gasteiger partial charge in [0, 0.05) is 12.6 Å². The zero-order chi connectivity index (χ0) is 15.2. The number of rotatable bonds is 8. The van der Waals surface area contributed by atoms with Crippen LogP contribution < -0.4 is 5.73 Å². The fourth-order valence-corrected chi connectivity index (χ4v) is 3.24. The maximum absolute atomic E-state index is 12.0. The Morgan fingerprint density at radius 2 is 2.00 bits per heavy atom. The molecular formula is C16H32N2O2. The van der Waals surface area contributed by atoms with E-state index in [4.69, 9.17) is 10.5 Å². The molecule has 0 aromatic carbocycles. The van der Waals surface area contributed by atoms with E-state index >= 15 is 0 Å². The molecule has 1 aliphatic carbocycles. The molecule has 0 spiro atoms. The fraction of sp³-hybridized carbons (Fsp3) is 0.938. The molecule has 0 amide bonds. The normalized spacial score (nSPS) is 26.4. The van der Waals surface area contributed by atoms with Crippen molar-refractivity contribution in [2.45, 2.75) is 71.4 Å². The van der Waals surface area contributed by atoms with Crippen molar-refractivity contribution in [1.29, 1.82) is 0 Å². The van der Waals surface area contributed by atoms with E-state index in [0.29, 0.717) is 12.6 Å². The standard InChI is InChI=1S/C16H32N2O2/c1-5-13(6-2)12-18(7-3)14-9-10-16(17,11-14)15(19)20-8-4/h13-14H,5-12,17H2,1-4H3. The molecule has 118 valence electrons. The van der Waals surface area contributed by atoms with Gasteiger partial charge in [-0.2, -0.15) is 0 Å². The summed E-state index contributed by atoms with van der Waals surface area (Å²) < 4.78 is 5.13. The number of ether oxygens (including phenoxy) is 1. The molecule has 20 heavy (non-hydrogen) atoms. The fourth-order valence-electron chi connectivity index (χ4n) is 3.24. The Bertz CT molecular complexity index is 305. The highest BCUT2D eigenvalue weighted by molar-refractivity contribution is 5.81. The lowest BCUT2D eigenvalue weighted by atomic mass is 9.98.